The number of aliphatic carboxylic acids is 1. The molecule has 1 saturated heterocycles. The predicted molar refractivity (Wildman–Crippen MR) is 155 cm³/mol. The van der Waals surface area contributed by atoms with Gasteiger partial charge in [-0.3, -0.25) is 4.90 Å². The van der Waals surface area contributed by atoms with Crippen LogP contribution in [0.2, 0.25) is 0 Å². The van der Waals surface area contributed by atoms with Crippen molar-refractivity contribution < 1.29 is 46.8 Å². The third-order valence-corrected chi connectivity index (χ3v) is 7.87. The summed E-state index contributed by atoms with van der Waals surface area (Å²) in [5, 5.41) is 10.6. The molecule has 1 aromatic heterocycles. The van der Waals surface area contributed by atoms with Crippen LogP contribution in [0, 0.1) is 11.3 Å². The van der Waals surface area contributed by atoms with Gasteiger partial charge in [-0.15, -0.1) is 0 Å². The number of hydrogen-bond acceptors (Lipinski definition) is 7. The van der Waals surface area contributed by atoms with Gasteiger partial charge in [-0.05, 0) is 48.4 Å². The summed E-state index contributed by atoms with van der Waals surface area (Å²) in [4.78, 5) is 31.8. The molecule has 1 fully saturated rings. The number of hydrogen-bond donors (Lipinski definition) is 1. The fraction of sp³-hybridized carbons (Fsp3) is 0.531. The summed E-state index contributed by atoms with van der Waals surface area (Å²) in [7, 11) is 1.29. The van der Waals surface area contributed by atoms with E-state index in [4.69, 9.17) is 18.9 Å². The van der Waals surface area contributed by atoms with Crippen molar-refractivity contribution in [2.45, 2.75) is 78.1 Å². The Morgan fingerprint density at radius 3 is 2.45 bits per heavy atom. The number of ether oxygens (including phenoxy) is 4. The van der Waals surface area contributed by atoms with E-state index in [1.165, 1.54) is 12.0 Å². The van der Waals surface area contributed by atoms with Crippen molar-refractivity contribution in [2.24, 2.45) is 11.3 Å². The van der Waals surface area contributed by atoms with Crippen molar-refractivity contribution in [1.82, 2.24) is 9.88 Å². The maximum Gasteiger partial charge on any atom is 0.417 e. The van der Waals surface area contributed by atoms with Gasteiger partial charge >= 0.3 is 18.2 Å². The summed E-state index contributed by atoms with van der Waals surface area (Å²) in [6.07, 6.45) is -3.77. The van der Waals surface area contributed by atoms with Crippen LogP contribution in [0.3, 0.4) is 0 Å². The standard InChI is InChI=1S/C32H39F3N2O7/c1-18(2)44-30(40)37-25(23-10-8-7-9-22(23)19-11-13-42-14-12-19)27(24(31(3,4)5)26(37)29(38)39)43-17-20-15-21(32(33,34)35)16-36-28(20)41-6/h7-11,15-16,18,24-27H,12-14,17H2,1-6H3,(H,38,39)/t24-,25+,26+,27+/m1/s1. The first-order chi connectivity index (χ1) is 20.6. The first-order valence-electron chi connectivity index (χ1n) is 14.4. The van der Waals surface area contributed by atoms with Gasteiger partial charge < -0.3 is 24.1 Å². The largest absolute Gasteiger partial charge is 0.481 e. The van der Waals surface area contributed by atoms with Gasteiger partial charge in [-0.1, -0.05) is 51.1 Å². The molecule has 0 bridgehead atoms. The molecule has 1 aromatic carbocycles. The minimum Gasteiger partial charge on any atom is -0.481 e. The highest BCUT2D eigenvalue weighted by atomic mass is 19.4. The molecule has 0 saturated carbocycles. The van der Waals surface area contributed by atoms with E-state index in [0.29, 0.717) is 31.4 Å². The van der Waals surface area contributed by atoms with Crippen LogP contribution in [0.1, 0.15) is 69.3 Å². The first-order valence-corrected chi connectivity index (χ1v) is 14.4. The molecule has 0 radical (unpaired) electrons. The van der Waals surface area contributed by atoms with Crippen LogP contribution in [-0.4, -0.2) is 65.6 Å². The van der Waals surface area contributed by atoms with Crippen molar-refractivity contribution in [3.63, 3.8) is 0 Å². The Hall–Kier alpha value is -3.64. The third kappa shape index (κ3) is 7.02. The van der Waals surface area contributed by atoms with Gasteiger partial charge in [0.15, 0.2) is 0 Å². The number of likely N-dealkylation sites (tertiary alicyclic amines) is 1. The molecule has 0 unspecified atom stereocenters. The van der Waals surface area contributed by atoms with E-state index in [1.54, 1.807) is 19.9 Å². The molecule has 1 amide bonds. The summed E-state index contributed by atoms with van der Waals surface area (Å²) < 4.78 is 63.6. The van der Waals surface area contributed by atoms with E-state index < -0.39 is 59.4 Å². The summed E-state index contributed by atoms with van der Waals surface area (Å²) in [5.41, 5.74) is 0.728. The monoisotopic (exact) mass is 620 g/mol. The second-order valence-corrected chi connectivity index (χ2v) is 12.3. The Morgan fingerprint density at radius 2 is 1.89 bits per heavy atom. The molecule has 0 aliphatic carbocycles. The molecule has 3 heterocycles. The van der Waals surface area contributed by atoms with Gasteiger partial charge in [0.2, 0.25) is 5.88 Å². The van der Waals surface area contributed by atoms with Crippen molar-refractivity contribution in [3.8, 4) is 5.88 Å². The first kappa shape index (κ1) is 33.3. The quantitative estimate of drug-likeness (QED) is 0.356. The Kier molecular flexibility index (Phi) is 9.94. The smallest absolute Gasteiger partial charge is 0.417 e. The maximum atomic E-state index is 13.8. The normalized spacial score (nSPS) is 22.6. The average molecular weight is 621 g/mol. The summed E-state index contributed by atoms with van der Waals surface area (Å²) in [5.74, 6) is -2.10. The number of carbonyl (C=O) groups is 2. The predicted octanol–water partition coefficient (Wildman–Crippen LogP) is 6.52. The van der Waals surface area contributed by atoms with Gasteiger partial charge in [0.1, 0.15) is 6.04 Å². The molecule has 4 atom stereocenters. The van der Waals surface area contributed by atoms with Gasteiger partial charge in [0.05, 0.1) is 50.7 Å². The second kappa shape index (κ2) is 13.2. The highest BCUT2D eigenvalue weighted by Crippen LogP contribution is 2.51. The van der Waals surface area contributed by atoms with Crippen LogP contribution in [0.4, 0.5) is 18.0 Å². The fourth-order valence-corrected chi connectivity index (χ4v) is 6.08. The number of amides is 1. The number of carbonyl (C=O) groups excluding carboxylic acids is 1. The SMILES string of the molecule is COc1ncc(C(F)(F)F)cc1CO[C@H]1[C@H](C(C)(C)C)[C@@H](C(=O)O)N(C(=O)OC(C)C)[C@H]1c1ccccc1C1=CCOCC1. The van der Waals surface area contributed by atoms with Crippen LogP contribution in [0.25, 0.3) is 5.57 Å². The Morgan fingerprint density at radius 1 is 1.18 bits per heavy atom. The Balaban J connectivity index is 1.91. The number of pyridine rings is 1. The molecule has 2 aliphatic heterocycles. The molecule has 1 N–H and O–H groups in total. The lowest BCUT2D eigenvalue weighted by atomic mass is 9.73. The van der Waals surface area contributed by atoms with Crippen LogP contribution >= 0.6 is 0 Å². The molecule has 240 valence electrons. The van der Waals surface area contributed by atoms with Crippen LogP contribution < -0.4 is 4.74 Å². The number of methoxy groups -OCH3 is 1. The van der Waals surface area contributed by atoms with E-state index >= 15 is 0 Å². The number of benzene rings is 1. The van der Waals surface area contributed by atoms with Gasteiger partial charge in [-0.2, -0.15) is 13.2 Å². The number of carboxylic acid groups (broad SMARTS) is 1. The number of halogens is 3. The number of carboxylic acids is 1. The average Bonchev–Trinajstić information content (AvgIpc) is 3.32. The zero-order valence-corrected chi connectivity index (χ0v) is 25.7. The lowest BCUT2D eigenvalue weighted by Gasteiger charge is -2.35. The number of alkyl halides is 3. The fourth-order valence-electron chi connectivity index (χ4n) is 6.08. The molecule has 4 rings (SSSR count). The molecule has 9 nitrogen and oxygen atoms in total. The Labute approximate surface area is 254 Å². The molecular formula is C32H39F3N2O7. The topological polar surface area (TPSA) is 107 Å². The minimum absolute atomic E-state index is 0.0317. The lowest BCUT2D eigenvalue weighted by molar-refractivity contribution is -0.145. The summed E-state index contributed by atoms with van der Waals surface area (Å²) in [6, 6.07) is 5.94. The van der Waals surface area contributed by atoms with Gasteiger partial charge in [0.25, 0.3) is 0 Å². The van der Waals surface area contributed by atoms with Crippen molar-refractivity contribution >= 4 is 17.6 Å². The molecule has 0 spiro atoms. The van der Waals surface area contributed by atoms with E-state index in [1.807, 2.05) is 45.0 Å². The van der Waals surface area contributed by atoms with Gasteiger partial charge in [-0.25, -0.2) is 14.6 Å². The van der Waals surface area contributed by atoms with Crippen molar-refractivity contribution in [1.29, 1.82) is 0 Å². The van der Waals surface area contributed by atoms with E-state index in [-0.39, 0.29) is 18.1 Å². The zero-order chi connectivity index (χ0) is 32.4. The minimum atomic E-state index is -4.65. The molecule has 44 heavy (non-hydrogen) atoms. The van der Waals surface area contributed by atoms with Crippen LogP contribution in [-0.2, 0) is 31.8 Å². The van der Waals surface area contributed by atoms with Crippen molar-refractivity contribution in [2.75, 3.05) is 20.3 Å². The molecule has 12 heteroatoms. The summed E-state index contributed by atoms with van der Waals surface area (Å²) in [6.45, 7) is 9.38. The van der Waals surface area contributed by atoms with Crippen LogP contribution in [0.5, 0.6) is 5.88 Å². The summed E-state index contributed by atoms with van der Waals surface area (Å²) >= 11 is 0. The highest BCUT2D eigenvalue weighted by Gasteiger charge is 2.60. The zero-order valence-electron chi connectivity index (χ0n) is 25.7. The molecule has 2 aromatic rings. The third-order valence-electron chi connectivity index (χ3n) is 7.87. The lowest BCUT2D eigenvalue weighted by Crippen LogP contribution is -2.47. The van der Waals surface area contributed by atoms with Gasteiger partial charge in [0, 0.05) is 17.7 Å². The molecular weight excluding hydrogens is 581 g/mol. The molecule has 2 aliphatic rings. The highest BCUT2D eigenvalue weighted by molar-refractivity contribution is 5.83. The second-order valence-electron chi connectivity index (χ2n) is 12.3. The van der Waals surface area contributed by atoms with E-state index in [9.17, 15) is 27.9 Å². The number of rotatable bonds is 8. The van der Waals surface area contributed by atoms with Crippen molar-refractivity contribution in [3.05, 3.63) is 64.9 Å². The number of nitrogens with zero attached hydrogens (tertiary/aromatic N) is 2. The van der Waals surface area contributed by atoms with Crippen LogP contribution in [0.15, 0.2) is 42.6 Å². The number of aromatic nitrogens is 1. The maximum absolute atomic E-state index is 13.8. The van der Waals surface area contributed by atoms with E-state index in [2.05, 4.69) is 4.98 Å². The van der Waals surface area contributed by atoms with E-state index in [0.717, 1.165) is 17.2 Å². The Bertz CT molecular complexity index is 1390.